The molecule has 0 saturated carbocycles. The van der Waals surface area contributed by atoms with E-state index in [1.165, 1.54) is 11.1 Å². The third kappa shape index (κ3) is 8.32. The molecule has 1 aromatic heterocycles. The monoisotopic (exact) mass is 313 g/mol. The van der Waals surface area contributed by atoms with Gasteiger partial charge in [0.05, 0.1) is 0 Å². The Morgan fingerprint density at radius 3 is 2.38 bits per heavy atom. The summed E-state index contributed by atoms with van der Waals surface area (Å²) in [4.78, 5) is 4.03. The van der Waals surface area contributed by atoms with Crippen LogP contribution in [0.2, 0.25) is 0 Å². The molecule has 1 rings (SSSR count). The maximum Gasteiger partial charge on any atom is 0.433 e. The standard InChI is InChI=1S/C7H8BrN.BrHO3/c1-6-2-7(3-8)5-9-4-6;2-1(3)4/h2,4-5H,3H2,1H3;2H. The van der Waals surface area contributed by atoms with Gasteiger partial charge in [0, 0.05) is 17.7 Å². The minimum absolute atomic E-state index is 0.891. The Kier molecular flexibility index (Phi) is 7.39. The first-order chi connectivity index (χ1) is 6.06. The molecular formula is C7H9Br2NO3. The molecule has 1 aromatic rings. The van der Waals surface area contributed by atoms with Gasteiger partial charge in [-0.25, -0.2) is 0 Å². The number of alkyl halides is 1. The van der Waals surface area contributed by atoms with Gasteiger partial charge in [-0.15, -0.1) is 0 Å². The maximum atomic E-state index is 8.63. The average molecular weight is 315 g/mol. The van der Waals surface area contributed by atoms with Crippen molar-refractivity contribution in [3.8, 4) is 0 Å². The van der Waals surface area contributed by atoms with Gasteiger partial charge in [0.2, 0.25) is 0 Å². The van der Waals surface area contributed by atoms with Crippen LogP contribution in [-0.4, -0.2) is 9.18 Å². The summed E-state index contributed by atoms with van der Waals surface area (Å²) in [6.45, 7) is 2.04. The summed E-state index contributed by atoms with van der Waals surface area (Å²) in [7, 11) is 0. The van der Waals surface area contributed by atoms with E-state index in [0.29, 0.717) is 0 Å². The van der Waals surface area contributed by atoms with Crippen LogP contribution >= 0.6 is 15.9 Å². The van der Waals surface area contributed by atoms with E-state index in [0.717, 1.165) is 5.33 Å². The number of aromatic nitrogens is 1. The minimum atomic E-state index is -3.40. The lowest BCUT2D eigenvalue weighted by Gasteiger charge is -1.93. The number of hydrogen-bond acceptors (Lipinski definition) is 4. The van der Waals surface area contributed by atoms with Crippen molar-refractivity contribution in [1.29, 1.82) is 0 Å². The largest absolute Gasteiger partial charge is 0.433 e. The Morgan fingerprint density at radius 2 is 2.08 bits per heavy atom. The summed E-state index contributed by atoms with van der Waals surface area (Å²) in [6, 6.07) is 2.11. The molecule has 13 heavy (non-hydrogen) atoms. The highest BCUT2D eigenvalue weighted by molar-refractivity contribution is 9.08. The van der Waals surface area contributed by atoms with Crippen molar-refractivity contribution in [3.05, 3.63) is 29.6 Å². The molecule has 1 heterocycles. The third-order valence-electron chi connectivity index (χ3n) is 1.09. The van der Waals surface area contributed by atoms with Crippen molar-refractivity contribution >= 4 is 15.9 Å². The number of nitrogens with zero attached hydrogens (tertiary/aromatic N) is 1. The highest BCUT2D eigenvalue weighted by atomic mass is 80.0. The molecule has 0 unspecified atom stereocenters. The van der Waals surface area contributed by atoms with Crippen LogP contribution < -0.4 is 8.40 Å². The van der Waals surface area contributed by atoms with Crippen LogP contribution in [0.25, 0.3) is 0 Å². The van der Waals surface area contributed by atoms with Gasteiger partial charge in [0.15, 0.2) is 0 Å². The molecule has 4 nitrogen and oxygen atoms in total. The molecular weight excluding hydrogens is 306 g/mol. The lowest BCUT2D eigenvalue weighted by Crippen LogP contribution is -2.30. The van der Waals surface area contributed by atoms with E-state index in [2.05, 4.69) is 27.0 Å². The molecule has 0 aliphatic carbocycles. The second kappa shape index (κ2) is 7.40. The molecule has 0 fully saturated rings. The second-order valence-corrected chi connectivity index (χ2v) is 3.61. The average Bonchev–Trinajstić information content (AvgIpc) is 2.03. The number of pyridine rings is 1. The van der Waals surface area contributed by atoms with E-state index in [1.54, 1.807) is 0 Å². The lowest BCUT2D eigenvalue weighted by atomic mass is 10.2. The molecule has 0 bridgehead atoms. The first-order valence-electron chi connectivity index (χ1n) is 3.27. The van der Waals surface area contributed by atoms with Crippen molar-refractivity contribution in [2.75, 3.05) is 0 Å². The van der Waals surface area contributed by atoms with E-state index in [9.17, 15) is 0 Å². The summed E-state index contributed by atoms with van der Waals surface area (Å²) >= 11 is -0.0442. The molecule has 0 saturated heterocycles. The Labute approximate surface area is 90.2 Å². The van der Waals surface area contributed by atoms with Gasteiger partial charge in [-0.2, -0.15) is 0 Å². The molecule has 6 heteroatoms. The van der Waals surface area contributed by atoms with Crippen LogP contribution in [0.5, 0.6) is 0 Å². The normalized spacial score (nSPS) is 9.38. The summed E-state index contributed by atoms with van der Waals surface area (Å²) in [5.74, 6) is 0. The van der Waals surface area contributed by atoms with Crippen molar-refractivity contribution in [1.82, 2.24) is 4.98 Å². The molecule has 0 aromatic carbocycles. The van der Waals surface area contributed by atoms with E-state index < -0.39 is 14.8 Å². The van der Waals surface area contributed by atoms with Gasteiger partial charge in [0.25, 0.3) is 0 Å². The number of halogens is 2. The fourth-order valence-corrected chi connectivity index (χ4v) is 0.997. The quantitative estimate of drug-likeness (QED) is 0.699. The van der Waals surface area contributed by atoms with Crippen LogP contribution in [0.15, 0.2) is 18.5 Å². The fraction of sp³-hybridized carbons (Fsp3) is 0.286. The fourth-order valence-electron chi connectivity index (χ4n) is 0.691. The van der Waals surface area contributed by atoms with Crippen molar-refractivity contribution < 1.29 is 27.4 Å². The highest BCUT2D eigenvalue weighted by Crippen LogP contribution is 2.04. The summed E-state index contributed by atoms with van der Waals surface area (Å²) in [6.07, 6.45) is 3.72. The van der Waals surface area contributed by atoms with Crippen molar-refractivity contribution in [2.45, 2.75) is 12.3 Å². The number of rotatable bonds is 1. The summed E-state index contributed by atoms with van der Waals surface area (Å²) < 4.78 is 24.3. The highest BCUT2D eigenvalue weighted by Gasteiger charge is 1.88. The van der Waals surface area contributed by atoms with E-state index in [-0.39, 0.29) is 0 Å². The molecule has 0 aliphatic rings. The van der Waals surface area contributed by atoms with Gasteiger partial charge >= 0.3 is 14.8 Å². The Bertz CT molecular complexity index is 242. The van der Waals surface area contributed by atoms with Crippen LogP contribution in [0.4, 0.5) is 0 Å². The maximum absolute atomic E-state index is 8.63. The van der Waals surface area contributed by atoms with Crippen LogP contribution in [0.3, 0.4) is 0 Å². The van der Waals surface area contributed by atoms with Gasteiger partial charge in [-0.05, 0) is 22.2 Å². The molecule has 0 spiro atoms. The number of hydrogen-bond donors (Lipinski definition) is 1. The first-order valence-corrected chi connectivity index (χ1v) is 6.40. The molecule has 74 valence electrons. The minimum Gasteiger partial charge on any atom is -0.372 e. The zero-order chi connectivity index (χ0) is 10.3. The van der Waals surface area contributed by atoms with Gasteiger partial charge in [0.1, 0.15) is 0 Å². The molecule has 0 aliphatic heterocycles. The predicted molar refractivity (Wildman–Crippen MR) is 43.8 cm³/mol. The predicted octanol–water partition coefficient (Wildman–Crippen LogP) is -0.650. The van der Waals surface area contributed by atoms with Crippen LogP contribution in [0, 0.1) is 21.7 Å². The SMILES string of the molecule is Cc1cncc(CBr)c1.[O-][Br+2]([O-])O. The van der Waals surface area contributed by atoms with Gasteiger partial charge in [-0.3, -0.25) is 4.98 Å². The van der Waals surface area contributed by atoms with Crippen molar-refractivity contribution in [2.24, 2.45) is 0 Å². The van der Waals surface area contributed by atoms with E-state index in [1.807, 2.05) is 19.3 Å². The Morgan fingerprint density at radius 1 is 1.54 bits per heavy atom. The van der Waals surface area contributed by atoms with Gasteiger partial charge in [-0.1, -0.05) is 22.0 Å². The first kappa shape index (κ1) is 13.0. The van der Waals surface area contributed by atoms with Crippen molar-refractivity contribution in [3.63, 3.8) is 0 Å². The van der Waals surface area contributed by atoms with Crippen LogP contribution in [-0.2, 0) is 5.33 Å². The smallest absolute Gasteiger partial charge is 0.372 e. The lowest BCUT2D eigenvalue weighted by molar-refractivity contribution is -1.63. The molecule has 0 amide bonds. The Balaban J connectivity index is 0.000000310. The topological polar surface area (TPSA) is 79.2 Å². The van der Waals surface area contributed by atoms with E-state index >= 15 is 0 Å². The third-order valence-corrected chi connectivity index (χ3v) is 1.73. The summed E-state index contributed by atoms with van der Waals surface area (Å²) in [5.41, 5.74) is 2.45. The summed E-state index contributed by atoms with van der Waals surface area (Å²) in [5, 5.41) is 0.891. The zero-order valence-electron chi connectivity index (χ0n) is 6.91. The van der Waals surface area contributed by atoms with E-state index in [4.69, 9.17) is 12.6 Å². The molecule has 0 radical (unpaired) electrons. The molecule has 0 atom stereocenters. The molecule has 1 N–H and O–H groups in total. The van der Waals surface area contributed by atoms with Crippen LogP contribution in [0.1, 0.15) is 11.1 Å². The Hall–Kier alpha value is -0.0100. The second-order valence-electron chi connectivity index (χ2n) is 2.21. The number of aryl methyl sites for hydroxylation is 1. The zero-order valence-corrected chi connectivity index (χ0v) is 10.1. The van der Waals surface area contributed by atoms with Gasteiger partial charge < -0.3 is 8.40 Å².